The first-order valence-corrected chi connectivity index (χ1v) is 6.64. The Morgan fingerprint density at radius 3 is 2.95 bits per heavy atom. The molecule has 6 nitrogen and oxygen atoms in total. The van der Waals surface area contributed by atoms with Crippen LogP contribution in [0.2, 0.25) is 5.02 Å². The van der Waals surface area contributed by atoms with Gasteiger partial charge in [-0.15, -0.1) is 0 Å². The van der Waals surface area contributed by atoms with Crippen LogP contribution in [0, 0.1) is 6.92 Å². The van der Waals surface area contributed by atoms with E-state index in [2.05, 4.69) is 20.5 Å². The molecule has 2 rings (SSSR count). The number of nitrogens with one attached hydrogen (secondary N) is 2. The minimum atomic E-state index is -0.205. The molecule has 0 unspecified atom stereocenters. The van der Waals surface area contributed by atoms with Crippen molar-refractivity contribution >= 4 is 23.3 Å². The molecule has 2 aromatic rings. The van der Waals surface area contributed by atoms with Crippen LogP contribution in [0.25, 0.3) is 0 Å². The largest absolute Gasteiger partial charge is 0.382 e. The third-order valence-electron chi connectivity index (χ3n) is 2.97. The number of hydrogen-bond donors (Lipinski definition) is 3. The quantitative estimate of drug-likeness (QED) is 0.731. The van der Waals surface area contributed by atoms with Crippen molar-refractivity contribution in [1.29, 1.82) is 0 Å². The average Bonchev–Trinajstić information content (AvgIpc) is 2.83. The van der Waals surface area contributed by atoms with Crippen molar-refractivity contribution in [3.05, 3.63) is 40.3 Å². The predicted molar refractivity (Wildman–Crippen MR) is 77.6 cm³/mol. The second-order valence-electron chi connectivity index (χ2n) is 4.47. The van der Waals surface area contributed by atoms with E-state index in [1.54, 1.807) is 6.20 Å². The third-order valence-corrected chi connectivity index (χ3v) is 3.28. The molecule has 0 spiro atoms. The molecule has 2 aromatic heterocycles. The Bertz CT molecular complexity index is 611. The van der Waals surface area contributed by atoms with Crippen LogP contribution in [-0.2, 0) is 6.42 Å². The van der Waals surface area contributed by atoms with Gasteiger partial charge in [-0.25, -0.2) is 4.98 Å². The standard InChI is InChI=1S/C13H16ClN5O/c1-8-9(7-18-19-8)3-2-4-16-13(20)10-5-11(14)12(15)17-6-10/h5-7H,2-4H2,1H3,(H2,15,17)(H,16,20)(H,18,19). The monoisotopic (exact) mass is 293 g/mol. The molecule has 0 saturated carbocycles. The number of carbonyl (C=O) groups is 1. The van der Waals surface area contributed by atoms with Gasteiger partial charge in [0.05, 0.1) is 16.8 Å². The van der Waals surface area contributed by atoms with Gasteiger partial charge < -0.3 is 11.1 Å². The van der Waals surface area contributed by atoms with Gasteiger partial charge >= 0.3 is 0 Å². The highest BCUT2D eigenvalue weighted by molar-refractivity contribution is 6.33. The first-order valence-electron chi connectivity index (χ1n) is 6.26. The summed E-state index contributed by atoms with van der Waals surface area (Å²) < 4.78 is 0. The van der Waals surface area contributed by atoms with Crippen molar-refractivity contribution < 1.29 is 4.79 Å². The van der Waals surface area contributed by atoms with Gasteiger partial charge in [-0.05, 0) is 31.4 Å². The smallest absolute Gasteiger partial charge is 0.252 e. The fraction of sp³-hybridized carbons (Fsp3) is 0.308. The number of carbonyl (C=O) groups excluding carboxylic acids is 1. The third kappa shape index (κ3) is 3.48. The van der Waals surface area contributed by atoms with Gasteiger partial charge in [-0.3, -0.25) is 9.89 Å². The molecule has 2 heterocycles. The molecule has 106 valence electrons. The summed E-state index contributed by atoms with van der Waals surface area (Å²) in [6.45, 7) is 2.55. The number of pyridine rings is 1. The topological polar surface area (TPSA) is 96.7 Å². The van der Waals surface area contributed by atoms with Gasteiger partial charge in [0, 0.05) is 18.4 Å². The van der Waals surface area contributed by atoms with E-state index in [4.69, 9.17) is 17.3 Å². The number of halogens is 1. The zero-order valence-corrected chi connectivity index (χ0v) is 11.9. The number of nitrogens with zero attached hydrogens (tertiary/aromatic N) is 2. The Hall–Kier alpha value is -2.08. The van der Waals surface area contributed by atoms with E-state index < -0.39 is 0 Å². The van der Waals surface area contributed by atoms with E-state index in [0.717, 1.165) is 24.1 Å². The molecule has 7 heteroatoms. The number of anilines is 1. The summed E-state index contributed by atoms with van der Waals surface area (Å²) in [4.78, 5) is 15.7. The molecule has 0 radical (unpaired) electrons. The van der Waals surface area contributed by atoms with Gasteiger partial charge in [0.1, 0.15) is 5.82 Å². The highest BCUT2D eigenvalue weighted by Crippen LogP contribution is 2.16. The summed E-state index contributed by atoms with van der Waals surface area (Å²) in [5.74, 6) is 0.0157. The van der Waals surface area contributed by atoms with E-state index >= 15 is 0 Å². The minimum Gasteiger partial charge on any atom is -0.382 e. The minimum absolute atomic E-state index is 0.205. The lowest BCUT2D eigenvalue weighted by Gasteiger charge is -2.06. The van der Waals surface area contributed by atoms with E-state index in [9.17, 15) is 4.79 Å². The number of aromatic amines is 1. The van der Waals surface area contributed by atoms with Crippen molar-refractivity contribution in [3.8, 4) is 0 Å². The van der Waals surface area contributed by atoms with Crippen LogP contribution in [-0.4, -0.2) is 27.6 Å². The van der Waals surface area contributed by atoms with Crippen molar-refractivity contribution in [1.82, 2.24) is 20.5 Å². The molecule has 20 heavy (non-hydrogen) atoms. The number of H-pyrrole nitrogens is 1. The molecule has 1 amide bonds. The van der Waals surface area contributed by atoms with Gasteiger partial charge in [0.25, 0.3) is 5.91 Å². The van der Waals surface area contributed by atoms with Crippen LogP contribution in [0.15, 0.2) is 18.5 Å². The number of nitrogens with two attached hydrogens (primary N) is 1. The molecule has 0 atom stereocenters. The summed E-state index contributed by atoms with van der Waals surface area (Å²) in [5, 5.41) is 9.94. The number of nitrogen functional groups attached to an aromatic ring is 1. The number of aromatic nitrogens is 3. The molecule has 0 aliphatic carbocycles. The molecule has 0 saturated heterocycles. The zero-order valence-electron chi connectivity index (χ0n) is 11.1. The fourth-order valence-electron chi connectivity index (χ4n) is 1.78. The number of hydrogen-bond acceptors (Lipinski definition) is 4. The van der Waals surface area contributed by atoms with Crippen molar-refractivity contribution in [3.63, 3.8) is 0 Å². The maximum Gasteiger partial charge on any atom is 0.252 e. The van der Waals surface area contributed by atoms with Crippen molar-refractivity contribution in [2.45, 2.75) is 19.8 Å². The van der Waals surface area contributed by atoms with E-state index in [-0.39, 0.29) is 16.7 Å². The molecular formula is C13H16ClN5O. The van der Waals surface area contributed by atoms with Crippen molar-refractivity contribution in [2.75, 3.05) is 12.3 Å². The van der Waals surface area contributed by atoms with E-state index in [1.165, 1.54) is 12.3 Å². The lowest BCUT2D eigenvalue weighted by Crippen LogP contribution is -2.25. The maximum atomic E-state index is 11.9. The Balaban J connectivity index is 1.80. The Labute approximate surface area is 121 Å². The van der Waals surface area contributed by atoms with Crippen molar-refractivity contribution in [2.24, 2.45) is 0 Å². The first-order chi connectivity index (χ1) is 9.58. The SMILES string of the molecule is Cc1[nH]ncc1CCCNC(=O)c1cnc(N)c(Cl)c1. The van der Waals surface area contributed by atoms with Crippen LogP contribution in [0.5, 0.6) is 0 Å². The summed E-state index contributed by atoms with van der Waals surface area (Å²) >= 11 is 5.83. The van der Waals surface area contributed by atoms with E-state index in [0.29, 0.717) is 12.1 Å². The number of rotatable bonds is 5. The van der Waals surface area contributed by atoms with Gasteiger partial charge in [-0.1, -0.05) is 11.6 Å². The Morgan fingerprint density at radius 2 is 2.30 bits per heavy atom. The molecular weight excluding hydrogens is 278 g/mol. The summed E-state index contributed by atoms with van der Waals surface area (Å²) in [6, 6.07) is 1.51. The lowest BCUT2D eigenvalue weighted by atomic mass is 10.1. The predicted octanol–water partition coefficient (Wildman–Crippen LogP) is 1.71. The van der Waals surface area contributed by atoms with Crippen LogP contribution >= 0.6 is 11.6 Å². The van der Waals surface area contributed by atoms with Crippen LogP contribution in [0.4, 0.5) is 5.82 Å². The number of amides is 1. The normalized spacial score (nSPS) is 10.5. The fourth-order valence-corrected chi connectivity index (χ4v) is 1.95. The second kappa shape index (κ2) is 6.38. The van der Waals surface area contributed by atoms with Gasteiger partial charge in [0.15, 0.2) is 0 Å². The van der Waals surface area contributed by atoms with E-state index in [1.807, 2.05) is 6.92 Å². The summed E-state index contributed by atoms with van der Waals surface area (Å²) in [6.07, 6.45) is 4.92. The zero-order chi connectivity index (χ0) is 14.5. The highest BCUT2D eigenvalue weighted by Gasteiger charge is 2.08. The average molecular weight is 294 g/mol. The van der Waals surface area contributed by atoms with Crippen LogP contribution in [0.1, 0.15) is 28.0 Å². The number of aryl methyl sites for hydroxylation is 2. The molecule has 0 aliphatic heterocycles. The Kier molecular flexibility index (Phi) is 4.57. The second-order valence-corrected chi connectivity index (χ2v) is 4.88. The molecule has 4 N–H and O–H groups in total. The first kappa shape index (κ1) is 14.3. The molecule has 0 bridgehead atoms. The van der Waals surface area contributed by atoms with Gasteiger partial charge in [0.2, 0.25) is 0 Å². The highest BCUT2D eigenvalue weighted by atomic mass is 35.5. The van der Waals surface area contributed by atoms with Crippen LogP contribution in [0.3, 0.4) is 0 Å². The van der Waals surface area contributed by atoms with Crippen LogP contribution < -0.4 is 11.1 Å². The Morgan fingerprint density at radius 1 is 1.50 bits per heavy atom. The molecule has 0 aromatic carbocycles. The summed E-state index contributed by atoms with van der Waals surface area (Å²) in [5.41, 5.74) is 8.13. The maximum absolute atomic E-state index is 11.9. The molecule has 0 aliphatic rings. The summed E-state index contributed by atoms with van der Waals surface area (Å²) in [7, 11) is 0. The molecule has 0 fully saturated rings. The van der Waals surface area contributed by atoms with Gasteiger partial charge in [-0.2, -0.15) is 5.10 Å². The lowest BCUT2D eigenvalue weighted by molar-refractivity contribution is 0.0953.